The van der Waals surface area contributed by atoms with Gasteiger partial charge in [-0.15, -0.1) is 0 Å². The summed E-state index contributed by atoms with van der Waals surface area (Å²) in [4.78, 5) is 9.25. The van der Waals surface area contributed by atoms with Crippen molar-refractivity contribution < 1.29 is 14.6 Å². The van der Waals surface area contributed by atoms with Crippen molar-refractivity contribution in [1.82, 2.24) is 0 Å². The zero-order valence-electron chi connectivity index (χ0n) is 6.75. The van der Waals surface area contributed by atoms with Crippen molar-refractivity contribution in [3.63, 3.8) is 0 Å². The van der Waals surface area contributed by atoms with Gasteiger partial charge >= 0.3 is 5.97 Å². The smallest absolute Gasteiger partial charge is 0.327 e. The minimum absolute atomic E-state index is 0.546. The van der Waals surface area contributed by atoms with Crippen LogP contribution in [0.15, 0.2) is 12.7 Å². The molecule has 0 aromatic carbocycles. The zero-order chi connectivity index (χ0) is 8.69. The summed E-state index contributed by atoms with van der Waals surface area (Å²) >= 11 is 0. The third kappa shape index (κ3) is 7.06. The van der Waals surface area contributed by atoms with E-state index in [1.165, 1.54) is 12.8 Å². The second-order valence-electron chi connectivity index (χ2n) is 2.37. The van der Waals surface area contributed by atoms with Crippen molar-refractivity contribution in [2.75, 3.05) is 6.61 Å². The summed E-state index contributed by atoms with van der Waals surface area (Å²) in [7, 11) is 0. The van der Waals surface area contributed by atoms with Crippen LogP contribution < -0.4 is 0 Å². The van der Waals surface area contributed by atoms with Crippen molar-refractivity contribution >= 4 is 5.97 Å². The molecule has 0 aliphatic carbocycles. The molecule has 1 aliphatic rings. The molecule has 1 rings (SSSR count). The van der Waals surface area contributed by atoms with E-state index in [-0.39, 0.29) is 0 Å². The highest BCUT2D eigenvalue weighted by atomic mass is 16.5. The van der Waals surface area contributed by atoms with Gasteiger partial charge in [0.2, 0.25) is 0 Å². The predicted octanol–water partition coefficient (Wildman–Crippen LogP) is 1.44. The third-order valence-electron chi connectivity index (χ3n) is 1.33. The van der Waals surface area contributed by atoms with Gasteiger partial charge in [-0.3, -0.25) is 0 Å². The number of carboxylic acid groups (broad SMARTS) is 1. The maximum Gasteiger partial charge on any atom is 0.327 e. The van der Waals surface area contributed by atoms with Crippen LogP contribution in [0.25, 0.3) is 0 Å². The van der Waals surface area contributed by atoms with Crippen molar-refractivity contribution in [3.8, 4) is 0 Å². The van der Waals surface area contributed by atoms with Crippen LogP contribution in [0.4, 0.5) is 0 Å². The van der Waals surface area contributed by atoms with Gasteiger partial charge in [0.25, 0.3) is 0 Å². The van der Waals surface area contributed by atoms with E-state index in [1.54, 1.807) is 0 Å². The molecule has 1 N–H and O–H groups in total. The Balaban J connectivity index is 0.000000187. The SMILES string of the molecule is C=CC(=O)O.CC1CCCO1. The summed E-state index contributed by atoms with van der Waals surface area (Å²) in [6, 6.07) is 0. The largest absolute Gasteiger partial charge is 0.478 e. The van der Waals surface area contributed by atoms with Crippen molar-refractivity contribution in [3.05, 3.63) is 12.7 Å². The lowest BCUT2D eigenvalue weighted by molar-refractivity contribution is -0.131. The lowest BCUT2D eigenvalue weighted by Gasteiger charge is -1.94. The quantitative estimate of drug-likeness (QED) is 0.587. The van der Waals surface area contributed by atoms with E-state index in [0.717, 1.165) is 12.7 Å². The predicted molar refractivity (Wildman–Crippen MR) is 42.5 cm³/mol. The zero-order valence-corrected chi connectivity index (χ0v) is 6.75. The molecular weight excluding hydrogens is 144 g/mol. The highest BCUT2D eigenvalue weighted by Crippen LogP contribution is 2.09. The van der Waals surface area contributed by atoms with Gasteiger partial charge < -0.3 is 9.84 Å². The highest BCUT2D eigenvalue weighted by Gasteiger charge is 2.07. The summed E-state index contributed by atoms with van der Waals surface area (Å²) in [6.45, 7) is 6.07. The second kappa shape index (κ2) is 5.92. The first-order valence-electron chi connectivity index (χ1n) is 3.63. The highest BCUT2D eigenvalue weighted by molar-refractivity contribution is 5.78. The van der Waals surface area contributed by atoms with Crippen molar-refractivity contribution in [2.24, 2.45) is 0 Å². The normalized spacial score (nSPS) is 21.7. The standard InChI is InChI=1S/C5H10O.C3H4O2/c1-5-3-2-4-6-5;1-2-3(4)5/h5H,2-4H2,1H3;2H,1H2,(H,4,5). The number of carbonyl (C=O) groups is 1. The second-order valence-corrected chi connectivity index (χ2v) is 2.37. The molecule has 3 heteroatoms. The summed E-state index contributed by atoms with van der Waals surface area (Å²) in [6.07, 6.45) is 3.91. The number of hydrogen-bond acceptors (Lipinski definition) is 2. The summed E-state index contributed by atoms with van der Waals surface area (Å²) < 4.78 is 5.15. The van der Waals surface area contributed by atoms with Crippen LogP contribution in [0.5, 0.6) is 0 Å². The molecule has 0 aromatic heterocycles. The minimum atomic E-state index is -0.981. The molecule has 1 heterocycles. The fourth-order valence-corrected chi connectivity index (χ4v) is 0.739. The first kappa shape index (κ1) is 10.2. The molecule has 1 unspecified atom stereocenters. The first-order valence-corrected chi connectivity index (χ1v) is 3.63. The molecule has 1 saturated heterocycles. The van der Waals surface area contributed by atoms with E-state index in [4.69, 9.17) is 9.84 Å². The van der Waals surface area contributed by atoms with Gasteiger partial charge in [0.1, 0.15) is 0 Å². The van der Waals surface area contributed by atoms with E-state index in [1.807, 2.05) is 0 Å². The Morgan fingerprint density at radius 3 is 2.45 bits per heavy atom. The molecule has 11 heavy (non-hydrogen) atoms. The van der Waals surface area contributed by atoms with E-state index < -0.39 is 5.97 Å². The average Bonchev–Trinajstić information content (AvgIpc) is 2.41. The average molecular weight is 158 g/mol. The topological polar surface area (TPSA) is 46.5 Å². The van der Waals surface area contributed by atoms with Crippen LogP contribution in [0, 0.1) is 0 Å². The number of ether oxygens (including phenoxy) is 1. The Morgan fingerprint density at radius 2 is 2.36 bits per heavy atom. The molecule has 1 atom stereocenters. The lowest BCUT2D eigenvalue weighted by Crippen LogP contribution is -1.94. The monoisotopic (exact) mass is 158 g/mol. The maximum absolute atomic E-state index is 9.25. The number of rotatable bonds is 1. The molecule has 3 nitrogen and oxygen atoms in total. The van der Waals surface area contributed by atoms with E-state index >= 15 is 0 Å². The van der Waals surface area contributed by atoms with Crippen LogP contribution in [0.3, 0.4) is 0 Å². The molecular formula is C8H14O3. The van der Waals surface area contributed by atoms with Crippen LogP contribution in [0.1, 0.15) is 19.8 Å². The maximum atomic E-state index is 9.25. The summed E-state index contributed by atoms with van der Waals surface area (Å²) in [5.74, 6) is -0.981. The van der Waals surface area contributed by atoms with Gasteiger partial charge in [-0.25, -0.2) is 4.79 Å². The Kier molecular flexibility index (Phi) is 5.47. The van der Waals surface area contributed by atoms with Gasteiger partial charge in [0.15, 0.2) is 0 Å². The minimum Gasteiger partial charge on any atom is -0.478 e. The lowest BCUT2D eigenvalue weighted by atomic mass is 10.3. The molecule has 0 amide bonds. The van der Waals surface area contributed by atoms with Crippen LogP contribution in [0.2, 0.25) is 0 Å². The van der Waals surface area contributed by atoms with E-state index in [0.29, 0.717) is 6.10 Å². The van der Waals surface area contributed by atoms with E-state index in [2.05, 4.69) is 13.5 Å². The van der Waals surface area contributed by atoms with Gasteiger partial charge in [0.05, 0.1) is 6.10 Å². The molecule has 1 aliphatic heterocycles. The number of carboxylic acids is 1. The molecule has 0 aromatic rings. The van der Waals surface area contributed by atoms with Crippen LogP contribution >= 0.6 is 0 Å². The summed E-state index contributed by atoms with van der Waals surface area (Å²) in [5.41, 5.74) is 0. The number of aliphatic carboxylic acids is 1. The van der Waals surface area contributed by atoms with Gasteiger partial charge in [-0.1, -0.05) is 6.58 Å². The molecule has 64 valence electrons. The van der Waals surface area contributed by atoms with Gasteiger partial charge in [-0.05, 0) is 19.8 Å². The Hall–Kier alpha value is -0.830. The van der Waals surface area contributed by atoms with Crippen LogP contribution in [-0.4, -0.2) is 23.8 Å². The molecule has 0 radical (unpaired) electrons. The summed E-state index contributed by atoms with van der Waals surface area (Å²) in [5, 5.41) is 7.60. The van der Waals surface area contributed by atoms with Crippen molar-refractivity contribution in [1.29, 1.82) is 0 Å². The molecule has 0 spiro atoms. The molecule has 0 bridgehead atoms. The van der Waals surface area contributed by atoms with Gasteiger partial charge in [-0.2, -0.15) is 0 Å². The van der Waals surface area contributed by atoms with E-state index in [9.17, 15) is 4.79 Å². The van der Waals surface area contributed by atoms with Crippen molar-refractivity contribution in [2.45, 2.75) is 25.9 Å². The van der Waals surface area contributed by atoms with Crippen LogP contribution in [-0.2, 0) is 9.53 Å². The fourth-order valence-electron chi connectivity index (χ4n) is 0.739. The molecule has 0 saturated carbocycles. The number of hydrogen-bond donors (Lipinski definition) is 1. The Bertz CT molecular complexity index is 125. The Labute approximate surface area is 66.7 Å². The fraction of sp³-hybridized carbons (Fsp3) is 0.625. The Morgan fingerprint density at radius 1 is 1.82 bits per heavy atom. The molecule has 1 fully saturated rings. The first-order chi connectivity index (χ1) is 5.16. The van der Waals surface area contributed by atoms with Gasteiger partial charge in [0, 0.05) is 12.7 Å². The third-order valence-corrected chi connectivity index (χ3v) is 1.33.